The molecule has 1 fully saturated rings. The van der Waals surface area contributed by atoms with Crippen molar-refractivity contribution in [2.75, 3.05) is 13.2 Å². The van der Waals surface area contributed by atoms with Crippen molar-refractivity contribution in [3.63, 3.8) is 0 Å². The van der Waals surface area contributed by atoms with Crippen LogP contribution in [0.2, 0.25) is 0 Å². The van der Waals surface area contributed by atoms with Crippen molar-refractivity contribution in [3.05, 3.63) is 36.6 Å². The van der Waals surface area contributed by atoms with Gasteiger partial charge in [-0.25, -0.2) is 9.79 Å². The number of aliphatic hydroxyl groups excluding tert-OH is 1. The van der Waals surface area contributed by atoms with E-state index in [-0.39, 0.29) is 6.02 Å². The highest BCUT2D eigenvalue weighted by molar-refractivity contribution is 5.77. The van der Waals surface area contributed by atoms with Crippen molar-refractivity contribution in [1.82, 2.24) is 10.2 Å². The maximum Gasteiger partial charge on any atom is 0.325 e. The fraction of sp³-hybridized carbons (Fsp3) is 0.714. The number of alkyl halides is 2. The van der Waals surface area contributed by atoms with Crippen LogP contribution in [0.5, 0.6) is 0 Å². The first-order valence-electron chi connectivity index (χ1n) is 14.2. The van der Waals surface area contributed by atoms with Gasteiger partial charge in [-0.1, -0.05) is 69.8 Å². The molecular formula is C28H47F2N5O4. The molecule has 2 aliphatic rings. The highest BCUT2D eigenvalue weighted by Crippen LogP contribution is 2.38. The molecule has 39 heavy (non-hydrogen) atoms. The van der Waals surface area contributed by atoms with Crippen LogP contribution in [0.3, 0.4) is 0 Å². The molecule has 2 heterocycles. The average Bonchev–Trinajstić information content (AvgIpc) is 3.12. The minimum atomic E-state index is -3.72. The third-order valence-corrected chi connectivity index (χ3v) is 6.63. The lowest BCUT2D eigenvalue weighted by Gasteiger charge is -2.32. The molecule has 1 saturated heterocycles. The fourth-order valence-corrected chi connectivity index (χ4v) is 4.31. The lowest BCUT2D eigenvalue weighted by atomic mass is 10.1. The zero-order valence-electron chi connectivity index (χ0n) is 23.2. The van der Waals surface area contributed by atoms with Crippen LogP contribution in [0.4, 0.5) is 13.6 Å². The number of carbonyl (C=O) groups is 1. The average molecular weight is 556 g/mol. The summed E-state index contributed by atoms with van der Waals surface area (Å²) >= 11 is 0. The summed E-state index contributed by atoms with van der Waals surface area (Å²) < 4.78 is 39.6. The molecule has 9 nitrogen and oxygen atoms in total. The van der Waals surface area contributed by atoms with Gasteiger partial charge in [0.15, 0.2) is 6.10 Å². The van der Waals surface area contributed by atoms with E-state index >= 15 is 0 Å². The maximum atomic E-state index is 14.6. The van der Waals surface area contributed by atoms with E-state index in [9.17, 15) is 18.7 Å². The summed E-state index contributed by atoms with van der Waals surface area (Å²) in [4.78, 5) is 16.8. The summed E-state index contributed by atoms with van der Waals surface area (Å²) in [6, 6.07) is -1.00. The maximum absolute atomic E-state index is 14.6. The van der Waals surface area contributed by atoms with Crippen molar-refractivity contribution in [2.45, 2.75) is 114 Å². The molecule has 2 rings (SSSR count). The Hall–Kier alpha value is -2.50. The molecule has 11 heteroatoms. The molecule has 1 unspecified atom stereocenters. The van der Waals surface area contributed by atoms with Crippen molar-refractivity contribution >= 4 is 12.1 Å². The van der Waals surface area contributed by atoms with Gasteiger partial charge in [0.05, 0.1) is 6.17 Å². The molecule has 222 valence electrons. The molecule has 0 saturated carbocycles. The molecule has 6 N–H and O–H groups in total. The van der Waals surface area contributed by atoms with E-state index in [0.717, 1.165) is 38.3 Å². The van der Waals surface area contributed by atoms with Crippen LogP contribution < -0.4 is 16.8 Å². The molecule has 0 spiro atoms. The summed E-state index contributed by atoms with van der Waals surface area (Å²) in [5.74, 6) is -3.72. The number of unbranched alkanes of at least 4 members (excludes halogenated alkanes) is 9. The molecule has 2 aliphatic heterocycles. The number of nitrogens with one attached hydrogen (secondary N) is 1. The molecule has 0 aromatic carbocycles. The second-order valence-electron chi connectivity index (χ2n) is 9.99. The number of carbonyl (C=O) groups excluding carboxylic acids is 1. The number of amides is 2. The molecule has 0 radical (unpaired) electrons. The van der Waals surface area contributed by atoms with Gasteiger partial charge in [-0.15, -0.1) is 0 Å². The van der Waals surface area contributed by atoms with Gasteiger partial charge in [-0.3, -0.25) is 4.90 Å². The van der Waals surface area contributed by atoms with E-state index in [1.54, 1.807) is 0 Å². The summed E-state index contributed by atoms with van der Waals surface area (Å²) in [7, 11) is 0. The van der Waals surface area contributed by atoms with Gasteiger partial charge in [0.1, 0.15) is 12.7 Å². The monoisotopic (exact) mass is 555 g/mol. The van der Waals surface area contributed by atoms with Gasteiger partial charge >= 0.3 is 12.0 Å². The van der Waals surface area contributed by atoms with Crippen LogP contribution >= 0.6 is 0 Å². The molecule has 4 atom stereocenters. The Morgan fingerprint density at radius 1 is 1.13 bits per heavy atom. The van der Waals surface area contributed by atoms with Crippen molar-refractivity contribution in [1.29, 1.82) is 0 Å². The number of allylic oxidation sites excluding steroid dienone is 4. The van der Waals surface area contributed by atoms with Crippen LogP contribution in [-0.4, -0.2) is 65.7 Å². The first-order chi connectivity index (χ1) is 18.8. The quantitative estimate of drug-likeness (QED) is 0.0840. The molecule has 0 bridgehead atoms. The molecule has 0 aromatic rings. The first kappa shape index (κ1) is 32.7. The van der Waals surface area contributed by atoms with Crippen LogP contribution in [-0.2, 0) is 9.47 Å². The van der Waals surface area contributed by atoms with E-state index < -0.39 is 43.2 Å². The summed E-state index contributed by atoms with van der Waals surface area (Å²) in [5, 5.41) is 12.3. The van der Waals surface area contributed by atoms with E-state index in [0.29, 0.717) is 11.4 Å². The van der Waals surface area contributed by atoms with Gasteiger partial charge in [0, 0.05) is 12.7 Å². The lowest BCUT2D eigenvalue weighted by Crippen LogP contribution is -2.57. The Morgan fingerprint density at radius 2 is 1.77 bits per heavy atom. The van der Waals surface area contributed by atoms with Gasteiger partial charge in [0.2, 0.25) is 6.23 Å². The van der Waals surface area contributed by atoms with Crippen molar-refractivity contribution in [2.24, 2.45) is 16.5 Å². The Kier molecular flexibility index (Phi) is 15.1. The largest absolute Gasteiger partial charge is 0.463 e. The predicted octanol–water partition coefficient (Wildman–Crippen LogP) is 4.68. The van der Waals surface area contributed by atoms with E-state index in [1.807, 2.05) is 0 Å². The minimum absolute atomic E-state index is 0.151. The van der Waals surface area contributed by atoms with Crippen LogP contribution in [0.1, 0.15) is 84.0 Å². The van der Waals surface area contributed by atoms with Gasteiger partial charge in [0.25, 0.3) is 6.02 Å². The van der Waals surface area contributed by atoms with Crippen LogP contribution in [0, 0.1) is 0 Å². The number of nitrogens with zero attached hydrogens (tertiary/aromatic N) is 2. The topological polar surface area (TPSA) is 135 Å². The summed E-state index contributed by atoms with van der Waals surface area (Å²) in [6.07, 6.45) is 18.8. The number of nitrogens with two attached hydrogens (primary N) is 2. The number of aliphatic imine (C=N–C) groups is 1. The lowest BCUT2D eigenvalue weighted by molar-refractivity contribution is -0.145. The van der Waals surface area contributed by atoms with Gasteiger partial charge in [-0.2, -0.15) is 8.78 Å². The number of halogens is 2. The third-order valence-electron chi connectivity index (χ3n) is 6.63. The number of ether oxygens (including phenoxy) is 2. The van der Waals surface area contributed by atoms with E-state index in [2.05, 4.69) is 41.5 Å². The minimum Gasteiger partial charge on any atom is -0.463 e. The van der Waals surface area contributed by atoms with E-state index in [4.69, 9.17) is 20.9 Å². The third kappa shape index (κ3) is 11.6. The second-order valence-corrected chi connectivity index (χ2v) is 9.99. The van der Waals surface area contributed by atoms with Crippen LogP contribution in [0.25, 0.3) is 0 Å². The number of rotatable bonds is 18. The SMILES string of the molecule is CCCCC/C=C\C/C=C\CCCCCCCCN=C(N)OC[C@H]1O[C@@H](N2C=CC(N)NC2=O)C(F)(F)[C@@H]1O. The fourth-order valence-electron chi connectivity index (χ4n) is 4.31. The highest BCUT2D eigenvalue weighted by atomic mass is 19.3. The zero-order chi connectivity index (χ0) is 28.5. The van der Waals surface area contributed by atoms with Gasteiger partial charge in [-0.05, 0) is 44.6 Å². The number of hydrogen-bond donors (Lipinski definition) is 4. The standard InChI is InChI=1S/C28H47F2N5O4/c1-2-3-4-5-6-7-8-9-10-11-12-13-14-15-16-17-19-33-26(32)38-21-22-24(36)28(29,30)25(39-22)35-20-18-23(31)34-27(35)37/h6-7,9-10,18,20,22-25,36H,2-5,8,11-17,19,21,31H2,1H3,(H2,32,33)(H,34,37)/b7-6-,10-9-/t22-,23?,24-,25-/m1/s1. The zero-order valence-corrected chi connectivity index (χ0v) is 23.2. The summed E-state index contributed by atoms with van der Waals surface area (Å²) in [5.41, 5.74) is 11.3. The predicted molar refractivity (Wildman–Crippen MR) is 149 cm³/mol. The summed E-state index contributed by atoms with van der Waals surface area (Å²) in [6.45, 7) is 2.26. The molecular weight excluding hydrogens is 508 g/mol. The Balaban J connectivity index is 1.53. The van der Waals surface area contributed by atoms with Crippen molar-refractivity contribution < 1.29 is 28.2 Å². The Morgan fingerprint density at radius 3 is 2.44 bits per heavy atom. The number of aliphatic hydroxyl groups is 1. The smallest absolute Gasteiger partial charge is 0.325 e. The van der Waals surface area contributed by atoms with Gasteiger partial charge < -0.3 is 31.4 Å². The van der Waals surface area contributed by atoms with E-state index in [1.165, 1.54) is 51.0 Å². The molecule has 0 aliphatic carbocycles. The Bertz CT molecular complexity index is 837. The second kappa shape index (κ2) is 18.0. The first-order valence-corrected chi connectivity index (χ1v) is 14.2. The molecule has 2 amide bonds. The number of urea groups is 1. The normalized spacial score (nSPS) is 25.2. The molecule has 0 aromatic heterocycles. The van der Waals surface area contributed by atoms with Crippen LogP contribution in [0.15, 0.2) is 41.6 Å². The highest BCUT2D eigenvalue weighted by Gasteiger charge is 2.61. The number of hydrogen-bond acceptors (Lipinski definition) is 6. The van der Waals surface area contributed by atoms with Crippen molar-refractivity contribution in [3.8, 4) is 0 Å². The number of amidine groups is 1. The Labute approximate surface area is 231 Å².